The maximum atomic E-state index is 5.44. The molecule has 2 N–H and O–H groups in total. The van der Waals surface area contributed by atoms with E-state index in [9.17, 15) is 0 Å². The molecule has 25 heavy (non-hydrogen) atoms. The van der Waals surface area contributed by atoms with Crippen LogP contribution in [-0.4, -0.2) is 57.8 Å². The first-order valence-electron chi connectivity index (χ1n) is 8.61. The van der Waals surface area contributed by atoms with E-state index in [0.29, 0.717) is 12.6 Å². The number of nitrogens with zero attached hydrogens (tertiary/aromatic N) is 2. The van der Waals surface area contributed by atoms with Gasteiger partial charge in [-0.15, -0.1) is 24.0 Å². The average molecular weight is 462 g/mol. The molecule has 1 unspecified atom stereocenters. The van der Waals surface area contributed by atoms with Gasteiger partial charge in [-0.1, -0.05) is 6.92 Å². The van der Waals surface area contributed by atoms with Crippen molar-refractivity contribution < 1.29 is 9.47 Å². The third-order valence-corrected chi connectivity index (χ3v) is 4.57. The molecule has 0 amide bonds. The van der Waals surface area contributed by atoms with Crippen molar-refractivity contribution in [2.75, 3.05) is 40.9 Å². The van der Waals surface area contributed by atoms with Crippen LogP contribution in [0, 0.1) is 0 Å². The third kappa shape index (κ3) is 6.22. The number of hydrogen-bond acceptors (Lipinski definition) is 4. The summed E-state index contributed by atoms with van der Waals surface area (Å²) in [6.07, 6.45) is 2.54. The van der Waals surface area contributed by atoms with Crippen molar-refractivity contribution in [3.8, 4) is 11.5 Å². The lowest BCUT2D eigenvalue weighted by Gasteiger charge is -2.24. The number of benzene rings is 1. The topological polar surface area (TPSA) is 58.1 Å². The smallest absolute Gasteiger partial charge is 0.191 e. The van der Waals surface area contributed by atoms with Gasteiger partial charge in [-0.05, 0) is 38.1 Å². The van der Waals surface area contributed by atoms with Gasteiger partial charge >= 0.3 is 0 Å². The van der Waals surface area contributed by atoms with Crippen LogP contribution >= 0.6 is 24.0 Å². The standard InChI is InChI=1S/C18H30N4O2.HI/c1-5-22-10-6-7-15(22)13-21-18(19-2)20-12-14-8-9-16(23-3)11-17(14)24-4;/h8-9,11,15H,5-7,10,12-13H2,1-4H3,(H2,19,20,21);1H. The second-order valence-electron chi connectivity index (χ2n) is 5.91. The van der Waals surface area contributed by atoms with Gasteiger partial charge in [0.25, 0.3) is 0 Å². The van der Waals surface area contributed by atoms with Crippen molar-refractivity contribution in [3.63, 3.8) is 0 Å². The number of nitrogens with one attached hydrogen (secondary N) is 2. The molecule has 0 radical (unpaired) electrons. The summed E-state index contributed by atoms with van der Waals surface area (Å²) in [6, 6.07) is 6.44. The number of ether oxygens (including phenoxy) is 2. The zero-order chi connectivity index (χ0) is 17.4. The Hall–Kier alpha value is -1.22. The normalized spacial score (nSPS) is 17.8. The number of hydrogen-bond donors (Lipinski definition) is 2. The van der Waals surface area contributed by atoms with Crippen LogP contribution in [0.5, 0.6) is 11.5 Å². The lowest BCUT2D eigenvalue weighted by atomic mass is 10.2. The fourth-order valence-corrected chi connectivity index (χ4v) is 3.15. The van der Waals surface area contributed by atoms with E-state index in [1.807, 2.05) is 18.2 Å². The highest BCUT2D eigenvalue weighted by molar-refractivity contribution is 14.0. The van der Waals surface area contributed by atoms with Gasteiger partial charge in [-0.2, -0.15) is 0 Å². The summed E-state index contributed by atoms with van der Waals surface area (Å²) in [4.78, 5) is 6.84. The van der Waals surface area contributed by atoms with Crippen LogP contribution in [0.1, 0.15) is 25.3 Å². The van der Waals surface area contributed by atoms with Gasteiger partial charge in [-0.25, -0.2) is 0 Å². The third-order valence-electron chi connectivity index (χ3n) is 4.57. The van der Waals surface area contributed by atoms with Crippen molar-refractivity contribution in [3.05, 3.63) is 23.8 Å². The molecule has 142 valence electrons. The Morgan fingerprint density at radius 3 is 2.72 bits per heavy atom. The van der Waals surface area contributed by atoms with E-state index in [1.165, 1.54) is 19.4 Å². The van der Waals surface area contributed by atoms with Crippen molar-refractivity contribution >= 4 is 29.9 Å². The molecule has 1 aromatic carbocycles. The number of methoxy groups -OCH3 is 2. The molecule has 1 atom stereocenters. The summed E-state index contributed by atoms with van der Waals surface area (Å²) in [6.45, 7) is 6.11. The maximum Gasteiger partial charge on any atom is 0.191 e. The Labute approximate surface area is 168 Å². The Kier molecular flexibility index (Phi) is 9.96. The van der Waals surface area contributed by atoms with Crippen LogP contribution in [0.3, 0.4) is 0 Å². The maximum absolute atomic E-state index is 5.44. The molecule has 0 aliphatic carbocycles. The van der Waals surface area contributed by atoms with E-state index in [0.717, 1.165) is 36.1 Å². The first kappa shape index (κ1) is 21.8. The van der Waals surface area contributed by atoms with Crippen LogP contribution in [0.15, 0.2) is 23.2 Å². The Morgan fingerprint density at radius 1 is 1.28 bits per heavy atom. The summed E-state index contributed by atoms with van der Waals surface area (Å²) >= 11 is 0. The molecule has 7 heteroatoms. The second kappa shape index (κ2) is 11.4. The predicted molar refractivity (Wildman–Crippen MR) is 113 cm³/mol. The van der Waals surface area contributed by atoms with Crippen molar-refractivity contribution in [1.82, 2.24) is 15.5 Å². The highest BCUT2D eigenvalue weighted by Crippen LogP contribution is 2.24. The fraction of sp³-hybridized carbons (Fsp3) is 0.611. The Bertz CT molecular complexity index is 554. The summed E-state index contributed by atoms with van der Waals surface area (Å²) in [7, 11) is 5.12. The molecule has 1 saturated heterocycles. The number of guanidine groups is 1. The van der Waals surface area contributed by atoms with E-state index >= 15 is 0 Å². The molecule has 1 aliphatic heterocycles. The molecular formula is C18H31IN4O2. The molecule has 2 rings (SSSR count). The molecule has 0 aromatic heterocycles. The molecule has 1 aromatic rings. The van der Waals surface area contributed by atoms with E-state index in [2.05, 4.69) is 27.4 Å². The molecular weight excluding hydrogens is 431 g/mol. The molecule has 0 saturated carbocycles. The minimum Gasteiger partial charge on any atom is -0.497 e. The fourth-order valence-electron chi connectivity index (χ4n) is 3.15. The second-order valence-corrected chi connectivity index (χ2v) is 5.91. The largest absolute Gasteiger partial charge is 0.497 e. The summed E-state index contributed by atoms with van der Waals surface area (Å²) < 4.78 is 10.7. The number of rotatable bonds is 7. The van der Waals surface area contributed by atoms with Gasteiger partial charge in [-0.3, -0.25) is 9.89 Å². The van der Waals surface area contributed by atoms with Crippen LogP contribution in [0.4, 0.5) is 0 Å². The van der Waals surface area contributed by atoms with E-state index in [1.54, 1.807) is 21.3 Å². The Balaban J connectivity index is 0.00000312. The van der Waals surface area contributed by atoms with Crippen LogP contribution in [0.25, 0.3) is 0 Å². The van der Waals surface area contributed by atoms with Gasteiger partial charge in [0.1, 0.15) is 11.5 Å². The van der Waals surface area contributed by atoms with Crippen molar-refractivity contribution in [1.29, 1.82) is 0 Å². The first-order chi connectivity index (χ1) is 11.7. The summed E-state index contributed by atoms with van der Waals surface area (Å²) in [5, 5.41) is 6.79. The van der Waals surface area contributed by atoms with E-state index < -0.39 is 0 Å². The van der Waals surface area contributed by atoms with Crippen LogP contribution in [0.2, 0.25) is 0 Å². The van der Waals surface area contributed by atoms with Crippen LogP contribution in [-0.2, 0) is 6.54 Å². The van der Waals surface area contributed by atoms with Crippen molar-refractivity contribution in [2.45, 2.75) is 32.4 Å². The van der Waals surface area contributed by atoms with Gasteiger partial charge in [0.2, 0.25) is 0 Å². The molecule has 1 heterocycles. The monoisotopic (exact) mass is 462 g/mol. The number of halogens is 1. The van der Waals surface area contributed by atoms with Gasteiger partial charge in [0.15, 0.2) is 5.96 Å². The molecule has 1 aliphatic rings. The average Bonchev–Trinajstić information content (AvgIpc) is 3.09. The van der Waals surface area contributed by atoms with Gasteiger partial charge in [0, 0.05) is 37.8 Å². The number of aliphatic imine (C=N–C) groups is 1. The molecule has 6 nitrogen and oxygen atoms in total. The van der Waals surface area contributed by atoms with E-state index in [4.69, 9.17) is 9.47 Å². The van der Waals surface area contributed by atoms with Gasteiger partial charge < -0.3 is 20.1 Å². The lowest BCUT2D eigenvalue weighted by molar-refractivity contribution is 0.267. The minimum absolute atomic E-state index is 0. The van der Waals surface area contributed by atoms with Crippen LogP contribution < -0.4 is 20.1 Å². The first-order valence-corrected chi connectivity index (χ1v) is 8.61. The Morgan fingerprint density at radius 2 is 2.08 bits per heavy atom. The quantitative estimate of drug-likeness (QED) is 0.371. The molecule has 0 spiro atoms. The predicted octanol–water partition coefficient (Wildman–Crippen LogP) is 2.47. The molecule has 0 bridgehead atoms. The number of likely N-dealkylation sites (N-methyl/N-ethyl adjacent to an activating group) is 1. The number of likely N-dealkylation sites (tertiary alicyclic amines) is 1. The lowest BCUT2D eigenvalue weighted by Crippen LogP contribution is -2.44. The van der Waals surface area contributed by atoms with Crippen molar-refractivity contribution in [2.24, 2.45) is 4.99 Å². The highest BCUT2D eigenvalue weighted by atomic mass is 127. The highest BCUT2D eigenvalue weighted by Gasteiger charge is 2.22. The summed E-state index contributed by atoms with van der Waals surface area (Å²) in [5.74, 6) is 2.42. The SMILES string of the molecule is CCN1CCCC1CNC(=NC)NCc1ccc(OC)cc1OC.I. The molecule has 1 fully saturated rings. The zero-order valence-corrected chi connectivity index (χ0v) is 18.0. The zero-order valence-electron chi connectivity index (χ0n) is 15.7. The van der Waals surface area contributed by atoms with Gasteiger partial charge in [0.05, 0.1) is 14.2 Å². The van der Waals surface area contributed by atoms with E-state index in [-0.39, 0.29) is 24.0 Å². The minimum atomic E-state index is 0. The summed E-state index contributed by atoms with van der Waals surface area (Å²) in [5.41, 5.74) is 1.07.